The molecular formula is C9H8Cl3O. The van der Waals surface area contributed by atoms with Crippen LogP contribution in [0.1, 0.15) is 18.1 Å². The molecule has 0 saturated heterocycles. The van der Waals surface area contributed by atoms with Crippen molar-refractivity contribution in [2.24, 2.45) is 0 Å². The summed E-state index contributed by atoms with van der Waals surface area (Å²) in [6, 6.07) is 4.46. The fourth-order valence-electron chi connectivity index (χ4n) is 1.14. The number of aryl methyl sites for hydroxylation is 1. The second-order valence-electron chi connectivity index (χ2n) is 2.67. The number of hydrogen-bond donors (Lipinski definition) is 0. The minimum absolute atomic E-state index is 0.0603. The van der Waals surface area contributed by atoms with Gasteiger partial charge in [-0.25, -0.2) is 0 Å². The monoisotopic (exact) mass is 237 g/mol. The molecule has 0 spiro atoms. The highest BCUT2D eigenvalue weighted by Gasteiger charge is 2.25. The van der Waals surface area contributed by atoms with Gasteiger partial charge in [-0.3, -0.25) is 5.11 Å². The van der Waals surface area contributed by atoms with Gasteiger partial charge in [-0.15, -0.1) is 0 Å². The summed E-state index contributed by atoms with van der Waals surface area (Å²) >= 11 is 17.2. The van der Waals surface area contributed by atoms with Crippen LogP contribution in [0.3, 0.4) is 0 Å². The molecule has 0 atom stereocenters. The van der Waals surface area contributed by atoms with Gasteiger partial charge in [0.2, 0.25) is 3.79 Å². The number of rotatable bonds is 1. The molecule has 13 heavy (non-hydrogen) atoms. The Hall–Kier alpha value is -0.110. The molecule has 0 N–H and O–H groups in total. The third-order valence-corrected chi connectivity index (χ3v) is 2.37. The average Bonchev–Trinajstić information content (AvgIpc) is 2.01. The molecule has 0 aliphatic rings. The lowest BCUT2D eigenvalue weighted by molar-refractivity contribution is 0.354. The second-order valence-corrected chi connectivity index (χ2v) is 4.95. The van der Waals surface area contributed by atoms with Crippen LogP contribution in [0, 0.1) is 0 Å². The molecule has 0 saturated carbocycles. The van der Waals surface area contributed by atoms with Crippen molar-refractivity contribution in [3.63, 3.8) is 0 Å². The van der Waals surface area contributed by atoms with Crippen LogP contribution < -0.4 is 0 Å². The van der Waals surface area contributed by atoms with Crippen molar-refractivity contribution >= 4 is 34.8 Å². The first-order valence-electron chi connectivity index (χ1n) is 3.82. The van der Waals surface area contributed by atoms with Gasteiger partial charge < -0.3 is 0 Å². The van der Waals surface area contributed by atoms with Crippen LogP contribution in [0.5, 0.6) is 5.75 Å². The van der Waals surface area contributed by atoms with Crippen molar-refractivity contribution in [2.75, 3.05) is 0 Å². The zero-order valence-corrected chi connectivity index (χ0v) is 9.25. The quantitative estimate of drug-likeness (QED) is 0.653. The molecular weight excluding hydrogens is 230 g/mol. The largest absolute Gasteiger partial charge is 0.290 e. The highest BCUT2D eigenvalue weighted by atomic mass is 35.6. The third kappa shape index (κ3) is 2.67. The lowest BCUT2D eigenvalue weighted by atomic mass is 10.1. The Kier molecular flexibility index (Phi) is 3.33. The molecule has 1 aromatic carbocycles. The van der Waals surface area contributed by atoms with E-state index in [1.54, 1.807) is 6.07 Å². The Balaban J connectivity index is 3.22. The maximum Gasteiger partial charge on any atom is 0.216 e. The third-order valence-electron chi connectivity index (χ3n) is 1.76. The molecule has 4 heteroatoms. The van der Waals surface area contributed by atoms with E-state index in [1.807, 2.05) is 6.92 Å². The molecule has 1 nitrogen and oxygen atoms in total. The van der Waals surface area contributed by atoms with Gasteiger partial charge in [0, 0.05) is 5.56 Å². The van der Waals surface area contributed by atoms with Crippen LogP contribution >= 0.6 is 34.8 Å². The first-order chi connectivity index (χ1) is 5.95. The summed E-state index contributed by atoms with van der Waals surface area (Å²) in [7, 11) is 0. The Bertz CT molecular complexity index is 304. The van der Waals surface area contributed by atoms with Gasteiger partial charge in [0.05, 0.1) is 0 Å². The van der Waals surface area contributed by atoms with Crippen LogP contribution in [0.15, 0.2) is 18.2 Å². The zero-order valence-electron chi connectivity index (χ0n) is 6.98. The molecule has 0 aliphatic carbocycles. The van der Waals surface area contributed by atoms with E-state index in [0.29, 0.717) is 12.0 Å². The summed E-state index contributed by atoms with van der Waals surface area (Å²) in [4.78, 5) is 0. The predicted octanol–water partition coefficient (Wildman–Crippen LogP) is 4.22. The lowest BCUT2D eigenvalue weighted by Crippen LogP contribution is -2.04. The average molecular weight is 239 g/mol. The van der Waals surface area contributed by atoms with Gasteiger partial charge in [0.1, 0.15) is 0 Å². The summed E-state index contributed by atoms with van der Waals surface area (Å²) in [5, 5.41) is 11.0. The molecule has 0 aromatic heterocycles. The summed E-state index contributed by atoms with van der Waals surface area (Å²) in [6.45, 7) is 1.91. The maximum atomic E-state index is 11.0. The lowest BCUT2D eigenvalue weighted by Gasteiger charge is -2.15. The van der Waals surface area contributed by atoms with Gasteiger partial charge in [-0.1, -0.05) is 47.8 Å². The Morgan fingerprint density at radius 1 is 1.31 bits per heavy atom. The van der Waals surface area contributed by atoms with Crippen molar-refractivity contribution in [3.8, 4) is 5.75 Å². The number of alkyl halides is 3. The molecule has 0 aliphatic heterocycles. The molecule has 0 heterocycles. The Morgan fingerprint density at radius 3 is 2.38 bits per heavy atom. The fourth-order valence-corrected chi connectivity index (χ4v) is 1.69. The van der Waals surface area contributed by atoms with Gasteiger partial charge in [-0.05, 0) is 24.1 Å². The van der Waals surface area contributed by atoms with Crippen molar-refractivity contribution in [2.45, 2.75) is 17.1 Å². The van der Waals surface area contributed by atoms with Gasteiger partial charge in [-0.2, -0.15) is 0 Å². The van der Waals surface area contributed by atoms with E-state index in [9.17, 15) is 5.11 Å². The number of halogens is 3. The SMILES string of the molecule is CCc1cc([O])ccc1C(Cl)(Cl)Cl. The standard InChI is InChI=1S/C9H8Cl3O/c1-2-6-5-7(13)3-4-8(6)9(10,11)12/h3-5H,2H2,1H3. The van der Waals surface area contributed by atoms with E-state index in [4.69, 9.17) is 34.8 Å². The van der Waals surface area contributed by atoms with Gasteiger partial charge >= 0.3 is 0 Å². The van der Waals surface area contributed by atoms with Crippen molar-refractivity contribution in [3.05, 3.63) is 29.3 Å². The van der Waals surface area contributed by atoms with Crippen molar-refractivity contribution in [1.29, 1.82) is 0 Å². The summed E-state index contributed by atoms with van der Waals surface area (Å²) in [6.07, 6.45) is 0.680. The van der Waals surface area contributed by atoms with Gasteiger partial charge in [0.15, 0.2) is 5.75 Å². The topological polar surface area (TPSA) is 19.9 Å². The molecule has 0 fully saturated rings. The molecule has 1 rings (SSSR count). The second kappa shape index (κ2) is 3.95. The predicted molar refractivity (Wildman–Crippen MR) is 55.2 cm³/mol. The minimum atomic E-state index is -1.45. The molecule has 0 unspecified atom stereocenters. The maximum absolute atomic E-state index is 11.0. The minimum Gasteiger partial charge on any atom is -0.290 e. The summed E-state index contributed by atoms with van der Waals surface area (Å²) in [5.41, 5.74) is 1.37. The van der Waals surface area contributed by atoms with E-state index >= 15 is 0 Å². The molecule has 1 aromatic rings. The fraction of sp³-hybridized carbons (Fsp3) is 0.333. The molecule has 0 amide bonds. The summed E-state index contributed by atoms with van der Waals surface area (Å²) < 4.78 is -1.45. The van der Waals surface area contributed by atoms with E-state index in [2.05, 4.69) is 0 Å². The normalized spacial score (nSPS) is 11.7. The first-order valence-corrected chi connectivity index (χ1v) is 4.95. The Morgan fingerprint density at radius 2 is 1.92 bits per heavy atom. The molecule has 1 radical (unpaired) electrons. The highest BCUT2D eigenvalue weighted by Crippen LogP contribution is 2.40. The first kappa shape index (κ1) is 11.0. The van der Waals surface area contributed by atoms with Crippen LogP contribution in [-0.4, -0.2) is 0 Å². The van der Waals surface area contributed by atoms with Crippen molar-refractivity contribution in [1.82, 2.24) is 0 Å². The van der Waals surface area contributed by atoms with E-state index in [-0.39, 0.29) is 5.75 Å². The molecule has 0 bridgehead atoms. The van der Waals surface area contributed by atoms with Crippen molar-refractivity contribution < 1.29 is 5.11 Å². The van der Waals surface area contributed by atoms with Crippen LogP contribution in [0.4, 0.5) is 0 Å². The van der Waals surface area contributed by atoms with Crippen LogP contribution in [-0.2, 0) is 15.3 Å². The summed E-state index contributed by atoms with van der Waals surface area (Å²) in [5.74, 6) is -0.0603. The Labute approximate surface area is 92.2 Å². The number of benzene rings is 1. The number of hydrogen-bond acceptors (Lipinski definition) is 0. The van der Waals surface area contributed by atoms with E-state index < -0.39 is 3.79 Å². The van der Waals surface area contributed by atoms with Gasteiger partial charge in [0.25, 0.3) is 0 Å². The molecule has 71 valence electrons. The smallest absolute Gasteiger partial charge is 0.216 e. The highest BCUT2D eigenvalue weighted by molar-refractivity contribution is 6.66. The van der Waals surface area contributed by atoms with Crippen LogP contribution in [0.2, 0.25) is 0 Å². The zero-order chi connectivity index (χ0) is 10.1. The van der Waals surface area contributed by atoms with E-state index in [1.165, 1.54) is 12.1 Å². The van der Waals surface area contributed by atoms with E-state index in [0.717, 1.165) is 5.56 Å². The van der Waals surface area contributed by atoms with Crippen LogP contribution in [0.25, 0.3) is 0 Å².